The third kappa shape index (κ3) is 5.21. The van der Waals surface area contributed by atoms with Crippen LogP contribution in [0.4, 0.5) is 0 Å². The van der Waals surface area contributed by atoms with Crippen LogP contribution < -0.4 is 5.32 Å². The van der Waals surface area contributed by atoms with Crippen LogP contribution in [0.15, 0.2) is 51.6 Å². The minimum absolute atomic E-state index is 0.0317. The first-order valence-electron chi connectivity index (χ1n) is 11.0. The maximum Gasteiger partial charge on any atom is 0.254 e. The van der Waals surface area contributed by atoms with Crippen LogP contribution in [-0.2, 0) is 9.59 Å². The van der Waals surface area contributed by atoms with Crippen molar-refractivity contribution in [1.82, 2.24) is 15.1 Å². The molecule has 32 heavy (non-hydrogen) atoms. The van der Waals surface area contributed by atoms with Crippen molar-refractivity contribution in [1.29, 1.82) is 0 Å². The van der Waals surface area contributed by atoms with Gasteiger partial charge in [-0.2, -0.15) is 0 Å². The lowest BCUT2D eigenvalue weighted by molar-refractivity contribution is -0.127. The number of carbonyl (C=O) groups is 2. The molecular weight excluding hydrogens is 444 g/mol. The SMILES string of the molecule is CCN(CC)C(=O)C1=C(C)N=C2SC=C(CC(=O)NCC(C)C)N2[C@@H]1c1ccc(Cl)cc1. The number of benzene rings is 1. The van der Waals surface area contributed by atoms with E-state index in [1.165, 1.54) is 11.8 Å². The number of amides is 2. The standard InChI is InChI=1S/C24H31ClN4O2S/c1-6-28(7-2)23(31)21-16(5)27-24-29(22(21)17-8-10-18(25)11-9-17)19(14-32-24)12-20(30)26-13-15(3)4/h8-11,14-15,22H,6-7,12-13H2,1-5H3,(H,26,30)/t22-/m1/s1. The van der Waals surface area contributed by atoms with Crippen LogP contribution in [0.2, 0.25) is 5.02 Å². The van der Waals surface area contributed by atoms with Crippen molar-refractivity contribution in [2.45, 2.75) is 47.1 Å². The normalized spacial score (nSPS) is 17.8. The fraction of sp³-hybridized carbons (Fsp3) is 0.458. The van der Waals surface area contributed by atoms with E-state index in [-0.39, 0.29) is 24.3 Å². The maximum atomic E-state index is 13.6. The Labute approximate surface area is 199 Å². The molecular formula is C24H31ClN4O2S. The fourth-order valence-corrected chi connectivity index (χ4v) is 4.92. The van der Waals surface area contributed by atoms with Crippen LogP contribution in [0.25, 0.3) is 0 Å². The zero-order chi connectivity index (χ0) is 23.4. The van der Waals surface area contributed by atoms with E-state index >= 15 is 0 Å². The van der Waals surface area contributed by atoms with E-state index < -0.39 is 0 Å². The van der Waals surface area contributed by atoms with Gasteiger partial charge in [0.25, 0.3) is 5.91 Å². The van der Waals surface area contributed by atoms with Crippen molar-refractivity contribution < 1.29 is 9.59 Å². The molecule has 0 bridgehead atoms. The number of hydrogen-bond acceptors (Lipinski definition) is 5. The van der Waals surface area contributed by atoms with Gasteiger partial charge in [0.15, 0.2) is 5.17 Å². The zero-order valence-electron chi connectivity index (χ0n) is 19.3. The number of amidine groups is 1. The summed E-state index contributed by atoms with van der Waals surface area (Å²) >= 11 is 7.64. The Morgan fingerprint density at radius 3 is 2.47 bits per heavy atom. The second kappa shape index (κ2) is 10.6. The predicted octanol–water partition coefficient (Wildman–Crippen LogP) is 4.95. The average molecular weight is 475 g/mol. The number of halogens is 1. The monoisotopic (exact) mass is 474 g/mol. The number of likely N-dealkylation sites (N-methyl/N-ethyl adjacent to an activating group) is 1. The van der Waals surface area contributed by atoms with Crippen LogP contribution in [0.1, 0.15) is 52.6 Å². The Morgan fingerprint density at radius 2 is 1.88 bits per heavy atom. The first kappa shape index (κ1) is 24.4. The van der Waals surface area contributed by atoms with Gasteiger partial charge in [-0.1, -0.05) is 49.3 Å². The molecule has 8 heteroatoms. The molecule has 2 heterocycles. The molecule has 1 aromatic carbocycles. The van der Waals surface area contributed by atoms with Gasteiger partial charge >= 0.3 is 0 Å². The number of rotatable bonds is 8. The first-order valence-corrected chi connectivity index (χ1v) is 12.3. The number of aliphatic imine (C=N–C) groups is 1. The van der Waals surface area contributed by atoms with Crippen molar-refractivity contribution >= 4 is 40.3 Å². The minimum Gasteiger partial charge on any atom is -0.356 e. The molecule has 2 aliphatic heterocycles. The highest BCUT2D eigenvalue weighted by Gasteiger charge is 2.41. The summed E-state index contributed by atoms with van der Waals surface area (Å²) in [5.74, 6) is 0.309. The van der Waals surface area contributed by atoms with E-state index in [9.17, 15) is 9.59 Å². The third-order valence-electron chi connectivity index (χ3n) is 5.52. The second-order valence-electron chi connectivity index (χ2n) is 8.30. The summed E-state index contributed by atoms with van der Waals surface area (Å²) in [4.78, 5) is 34.8. The molecule has 0 saturated carbocycles. The summed E-state index contributed by atoms with van der Waals surface area (Å²) in [5.41, 5.74) is 3.12. The highest BCUT2D eigenvalue weighted by molar-refractivity contribution is 8.16. The number of allylic oxidation sites excluding steroid dienone is 1. The molecule has 1 atom stereocenters. The van der Waals surface area contributed by atoms with Crippen LogP contribution >= 0.6 is 23.4 Å². The largest absolute Gasteiger partial charge is 0.356 e. The second-order valence-corrected chi connectivity index (χ2v) is 9.57. The minimum atomic E-state index is -0.369. The lowest BCUT2D eigenvalue weighted by Crippen LogP contribution is -2.42. The predicted molar refractivity (Wildman–Crippen MR) is 132 cm³/mol. The molecule has 172 valence electrons. The van der Waals surface area contributed by atoms with E-state index in [0.29, 0.717) is 41.8 Å². The van der Waals surface area contributed by atoms with Crippen LogP contribution in [0.3, 0.4) is 0 Å². The summed E-state index contributed by atoms with van der Waals surface area (Å²) in [6.07, 6.45) is 0.231. The summed E-state index contributed by atoms with van der Waals surface area (Å²) < 4.78 is 0. The Morgan fingerprint density at radius 1 is 1.22 bits per heavy atom. The fourth-order valence-electron chi connectivity index (χ4n) is 3.83. The number of fused-ring (bicyclic) bond motifs is 1. The Kier molecular flexibility index (Phi) is 8.06. The van der Waals surface area contributed by atoms with Gasteiger partial charge in [-0.3, -0.25) is 9.59 Å². The number of nitrogens with zero attached hydrogens (tertiary/aromatic N) is 3. The Hall–Kier alpha value is -2.25. The zero-order valence-corrected chi connectivity index (χ0v) is 20.9. The number of nitrogens with one attached hydrogen (secondary N) is 1. The van der Waals surface area contributed by atoms with Gasteiger partial charge in [0.05, 0.1) is 23.7 Å². The lowest BCUT2D eigenvalue weighted by Gasteiger charge is -2.38. The molecule has 0 saturated heterocycles. The van der Waals surface area contributed by atoms with E-state index in [2.05, 4.69) is 19.2 Å². The van der Waals surface area contributed by atoms with Crippen molar-refractivity contribution in [3.63, 3.8) is 0 Å². The number of thioether (sulfide) groups is 1. The smallest absolute Gasteiger partial charge is 0.254 e. The molecule has 1 N–H and O–H groups in total. The van der Waals surface area contributed by atoms with E-state index in [4.69, 9.17) is 16.6 Å². The lowest BCUT2D eigenvalue weighted by atomic mass is 9.92. The molecule has 0 aliphatic carbocycles. The highest BCUT2D eigenvalue weighted by atomic mass is 35.5. The van der Waals surface area contributed by atoms with Gasteiger partial charge < -0.3 is 15.1 Å². The van der Waals surface area contributed by atoms with Crippen LogP contribution in [0, 0.1) is 5.92 Å². The van der Waals surface area contributed by atoms with Crippen molar-refractivity contribution in [3.05, 3.63) is 57.2 Å². The summed E-state index contributed by atoms with van der Waals surface area (Å²) in [5, 5.41) is 6.37. The highest BCUT2D eigenvalue weighted by Crippen LogP contribution is 2.45. The first-order chi connectivity index (χ1) is 15.3. The molecule has 0 unspecified atom stereocenters. The molecule has 1 aromatic rings. The molecule has 2 amide bonds. The average Bonchev–Trinajstić information content (AvgIpc) is 3.14. The van der Waals surface area contributed by atoms with Gasteiger partial charge in [-0.15, -0.1) is 0 Å². The van der Waals surface area contributed by atoms with Crippen molar-refractivity contribution in [3.8, 4) is 0 Å². The summed E-state index contributed by atoms with van der Waals surface area (Å²) in [7, 11) is 0. The molecule has 0 radical (unpaired) electrons. The maximum absolute atomic E-state index is 13.6. The van der Waals surface area contributed by atoms with E-state index in [1.807, 2.05) is 60.2 Å². The topological polar surface area (TPSA) is 65.0 Å². The third-order valence-corrected chi connectivity index (χ3v) is 6.66. The molecule has 2 aliphatic rings. The van der Waals surface area contributed by atoms with Crippen LogP contribution in [-0.4, -0.2) is 46.4 Å². The molecule has 3 rings (SSSR count). The Bertz CT molecular complexity index is 965. The Balaban J connectivity index is 2.01. The number of hydrogen-bond donors (Lipinski definition) is 1. The molecule has 0 aromatic heterocycles. The van der Waals surface area contributed by atoms with Gasteiger partial charge in [0, 0.05) is 30.4 Å². The quantitative estimate of drug-likeness (QED) is 0.579. The molecule has 6 nitrogen and oxygen atoms in total. The summed E-state index contributed by atoms with van der Waals surface area (Å²) in [6, 6.07) is 7.18. The van der Waals surface area contributed by atoms with Gasteiger partial charge in [-0.25, -0.2) is 4.99 Å². The van der Waals surface area contributed by atoms with Gasteiger partial charge in [0.1, 0.15) is 0 Å². The molecule has 0 fully saturated rings. The van der Waals surface area contributed by atoms with Crippen LogP contribution in [0.5, 0.6) is 0 Å². The van der Waals surface area contributed by atoms with E-state index in [1.54, 1.807) is 0 Å². The summed E-state index contributed by atoms with van der Waals surface area (Å²) in [6.45, 7) is 11.8. The van der Waals surface area contributed by atoms with Gasteiger partial charge in [-0.05, 0) is 49.8 Å². The van der Waals surface area contributed by atoms with Gasteiger partial charge in [0.2, 0.25) is 5.91 Å². The number of carbonyl (C=O) groups excluding carboxylic acids is 2. The molecule has 0 spiro atoms. The van der Waals surface area contributed by atoms with Crippen molar-refractivity contribution in [2.24, 2.45) is 10.9 Å². The van der Waals surface area contributed by atoms with Crippen molar-refractivity contribution in [2.75, 3.05) is 19.6 Å². The van der Waals surface area contributed by atoms with E-state index in [0.717, 1.165) is 16.4 Å².